The first-order chi connectivity index (χ1) is 8.70. The zero-order chi connectivity index (χ0) is 13.0. The van der Waals surface area contributed by atoms with E-state index in [-0.39, 0.29) is 17.1 Å². The molecule has 0 amide bonds. The highest BCUT2D eigenvalue weighted by atomic mass is 32.2. The fourth-order valence-electron chi connectivity index (χ4n) is 1.59. The van der Waals surface area contributed by atoms with Crippen LogP contribution in [0, 0.1) is 5.82 Å². The van der Waals surface area contributed by atoms with Crippen molar-refractivity contribution in [3.05, 3.63) is 42.0 Å². The molecule has 6 heteroatoms. The minimum Gasteiger partial charge on any atom is -0.326 e. The van der Waals surface area contributed by atoms with Gasteiger partial charge in [-0.25, -0.2) is 9.37 Å². The van der Waals surface area contributed by atoms with E-state index < -0.39 is 0 Å². The van der Waals surface area contributed by atoms with Crippen LogP contribution >= 0.6 is 23.3 Å². The van der Waals surface area contributed by atoms with Crippen LogP contribution in [0.3, 0.4) is 0 Å². The Morgan fingerprint density at radius 1 is 1.39 bits per heavy atom. The molecule has 0 aliphatic carbocycles. The molecule has 2 rings (SSSR count). The van der Waals surface area contributed by atoms with Crippen molar-refractivity contribution in [3.8, 4) is 0 Å². The van der Waals surface area contributed by atoms with Gasteiger partial charge in [-0.3, -0.25) is 0 Å². The summed E-state index contributed by atoms with van der Waals surface area (Å²) in [5.41, 5.74) is 7.17. The molecule has 0 aliphatic rings. The van der Waals surface area contributed by atoms with Crippen molar-refractivity contribution in [2.45, 2.75) is 29.0 Å². The van der Waals surface area contributed by atoms with Crippen molar-refractivity contribution in [2.24, 2.45) is 5.73 Å². The molecule has 2 atom stereocenters. The Morgan fingerprint density at radius 3 is 2.67 bits per heavy atom. The predicted molar refractivity (Wildman–Crippen MR) is 73.2 cm³/mol. The fourth-order valence-corrected chi connectivity index (χ4v) is 3.47. The van der Waals surface area contributed by atoms with Gasteiger partial charge in [-0.1, -0.05) is 30.8 Å². The SMILES string of the molecule is CCC(N)C(Sc1ncns1)c1ccc(F)cc1. The number of rotatable bonds is 5. The molecule has 0 saturated carbocycles. The molecule has 2 N–H and O–H groups in total. The first-order valence-electron chi connectivity index (χ1n) is 5.65. The summed E-state index contributed by atoms with van der Waals surface area (Å²) in [6.45, 7) is 2.04. The van der Waals surface area contributed by atoms with Gasteiger partial charge in [0.05, 0.1) is 5.25 Å². The van der Waals surface area contributed by atoms with Crippen LogP contribution in [0.2, 0.25) is 0 Å². The normalized spacial score (nSPS) is 14.4. The summed E-state index contributed by atoms with van der Waals surface area (Å²) in [7, 11) is 0. The van der Waals surface area contributed by atoms with Gasteiger partial charge in [0.15, 0.2) is 4.34 Å². The van der Waals surface area contributed by atoms with Crippen LogP contribution in [-0.4, -0.2) is 15.4 Å². The van der Waals surface area contributed by atoms with Crippen molar-refractivity contribution in [3.63, 3.8) is 0 Å². The summed E-state index contributed by atoms with van der Waals surface area (Å²) >= 11 is 2.93. The number of halogens is 1. The topological polar surface area (TPSA) is 51.8 Å². The molecule has 2 aromatic rings. The molecular formula is C12H14FN3S2. The molecule has 0 radical (unpaired) electrons. The van der Waals surface area contributed by atoms with E-state index in [2.05, 4.69) is 9.36 Å². The van der Waals surface area contributed by atoms with E-state index in [1.807, 2.05) is 6.92 Å². The zero-order valence-corrected chi connectivity index (χ0v) is 11.5. The second-order valence-electron chi connectivity index (χ2n) is 3.87. The lowest BCUT2D eigenvalue weighted by Crippen LogP contribution is -2.25. The summed E-state index contributed by atoms with van der Waals surface area (Å²) in [6.07, 6.45) is 2.39. The Morgan fingerprint density at radius 2 is 2.11 bits per heavy atom. The number of benzene rings is 1. The van der Waals surface area contributed by atoms with Crippen LogP contribution in [0.25, 0.3) is 0 Å². The Hall–Kier alpha value is -0.980. The second kappa shape index (κ2) is 6.26. The molecule has 0 aliphatic heterocycles. The average Bonchev–Trinajstić information content (AvgIpc) is 2.89. The van der Waals surface area contributed by atoms with Crippen LogP contribution in [0.1, 0.15) is 24.2 Å². The highest BCUT2D eigenvalue weighted by Crippen LogP contribution is 2.38. The number of nitrogens with two attached hydrogens (primary N) is 1. The van der Waals surface area contributed by atoms with Crippen molar-refractivity contribution in [1.82, 2.24) is 9.36 Å². The smallest absolute Gasteiger partial charge is 0.170 e. The molecule has 1 aromatic carbocycles. The van der Waals surface area contributed by atoms with Gasteiger partial charge >= 0.3 is 0 Å². The molecule has 0 fully saturated rings. The number of aromatic nitrogens is 2. The molecular weight excluding hydrogens is 269 g/mol. The Bertz CT molecular complexity index is 473. The van der Waals surface area contributed by atoms with E-state index in [1.54, 1.807) is 23.9 Å². The summed E-state index contributed by atoms with van der Waals surface area (Å²) in [5, 5.41) is 0.0727. The van der Waals surface area contributed by atoms with Gasteiger partial charge in [-0.2, -0.15) is 4.37 Å². The van der Waals surface area contributed by atoms with E-state index in [4.69, 9.17) is 5.73 Å². The predicted octanol–water partition coefficient (Wildman–Crippen LogP) is 3.25. The summed E-state index contributed by atoms with van der Waals surface area (Å²) in [6, 6.07) is 6.49. The highest BCUT2D eigenvalue weighted by Gasteiger charge is 2.21. The van der Waals surface area contributed by atoms with E-state index in [9.17, 15) is 4.39 Å². The molecule has 0 saturated heterocycles. The van der Waals surface area contributed by atoms with Gasteiger partial charge in [0.2, 0.25) is 0 Å². The van der Waals surface area contributed by atoms with Gasteiger partial charge in [0.25, 0.3) is 0 Å². The van der Waals surface area contributed by atoms with E-state index in [1.165, 1.54) is 30.0 Å². The number of thioether (sulfide) groups is 1. The lowest BCUT2D eigenvalue weighted by Gasteiger charge is -2.21. The monoisotopic (exact) mass is 283 g/mol. The standard InChI is InChI=1S/C12H14FN3S2/c1-2-10(14)11(17-12-15-7-16-18-12)8-3-5-9(13)6-4-8/h3-7,10-11H,2,14H2,1H3. The first kappa shape index (κ1) is 13.5. The van der Waals surface area contributed by atoms with Gasteiger partial charge in [-0.05, 0) is 35.6 Å². The van der Waals surface area contributed by atoms with Crippen LogP contribution in [0.4, 0.5) is 4.39 Å². The van der Waals surface area contributed by atoms with Crippen molar-refractivity contribution < 1.29 is 4.39 Å². The maximum Gasteiger partial charge on any atom is 0.170 e. The van der Waals surface area contributed by atoms with Crippen LogP contribution in [0.5, 0.6) is 0 Å². The quantitative estimate of drug-likeness (QED) is 0.856. The Balaban J connectivity index is 2.22. The maximum absolute atomic E-state index is 13.0. The van der Waals surface area contributed by atoms with Gasteiger partial charge in [0.1, 0.15) is 12.1 Å². The first-order valence-corrected chi connectivity index (χ1v) is 7.30. The molecule has 96 valence electrons. The van der Waals surface area contributed by atoms with E-state index in [0.29, 0.717) is 0 Å². The van der Waals surface area contributed by atoms with Crippen molar-refractivity contribution in [2.75, 3.05) is 0 Å². The van der Waals surface area contributed by atoms with Crippen molar-refractivity contribution >= 4 is 23.3 Å². The molecule has 0 bridgehead atoms. The third-order valence-electron chi connectivity index (χ3n) is 2.63. The summed E-state index contributed by atoms with van der Waals surface area (Å²) < 4.78 is 17.8. The molecule has 0 spiro atoms. The summed E-state index contributed by atoms with van der Waals surface area (Å²) in [5.74, 6) is -0.233. The van der Waals surface area contributed by atoms with Crippen LogP contribution < -0.4 is 5.73 Å². The third-order valence-corrected chi connectivity index (χ3v) is 4.78. The minimum absolute atomic E-state index is 0.00404. The zero-order valence-electron chi connectivity index (χ0n) is 9.91. The second-order valence-corrected chi connectivity index (χ2v) is 6.04. The van der Waals surface area contributed by atoms with Gasteiger partial charge < -0.3 is 5.73 Å². The Labute approximate surface area is 114 Å². The molecule has 18 heavy (non-hydrogen) atoms. The molecule has 1 heterocycles. The fraction of sp³-hybridized carbons (Fsp3) is 0.333. The third kappa shape index (κ3) is 3.28. The molecule has 2 unspecified atom stereocenters. The molecule has 1 aromatic heterocycles. The van der Waals surface area contributed by atoms with Gasteiger partial charge in [0, 0.05) is 6.04 Å². The Kier molecular flexibility index (Phi) is 4.68. The highest BCUT2D eigenvalue weighted by molar-refractivity contribution is 8.01. The largest absolute Gasteiger partial charge is 0.326 e. The summed E-state index contributed by atoms with van der Waals surface area (Å²) in [4.78, 5) is 4.16. The lowest BCUT2D eigenvalue weighted by atomic mass is 10.0. The maximum atomic E-state index is 13.0. The average molecular weight is 283 g/mol. The van der Waals surface area contributed by atoms with E-state index in [0.717, 1.165) is 16.3 Å². The minimum atomic E-state index is -0.233. The number of hydrogen-bond donors (Lipinski definition) is 1. The van der Waals surface area contributed by atoms with Crippen molar-refractivity contribution in [1.29, 1.82) is 0 Å². The van der Waals surface area contributed by atoms with E-state index >= 15 is 0 Å². The number of hydrogen-bond acceptors (Lipinski definition) is 5. The number of nitrogens with zero attached hydrogens (tertiary/aromatic N) is 2. The molecule has 3 nitrogen and oxygen atoms in total. The van der Waals surface area contributed by atoms with Crippen LogP contribution in [0.15, 0.2) is 34.9 Å². The lowest BCUT2D eigenvalue weighted by molar-refractivity contribution is 0.617. The van der Waals surface area contributed by atoms with Crippen LogP contribution in [-0.2, 0) is 0 Å². The van der Waals surface area contributed by atoms with Gasteiger partial charge in [-0.15, -0.1) is 0 Å².